The van der Waals surface area contributed by atoms with E-state index in [0.717, 1.165) is 11.1 Å². The molecule has 0 aromatic heterocycles. The van der Waals surface area contributed by atoms with Gasteiger partial charge in [-0.3, -0.25) is 4.79 Å². The van der Waals surface area contributed by atoms with Crippen molar-refractivity contribution in [2.75, 3.05) is 6.61 Å². The number of rotatable bonds is 5. The second kappa shape index (κ2) is 7.12. The van der Waals surface area contributed by atoms with Crippen molar-refractivity contribution in [1.82, 2.24) is 5.32 Å². The average Bonchev–Trinajstić information content (AvgIpc) is 3.23. The summed E-state index contributed by atoms with van der Waals surface area (Å²) in [5.74, 6) is 6.64. The maximum Gasteiger partial charge on any atom is 0.220 e. The van der Waals surface area contributed by atoms with Crippen molar-refractivity contribution in [3.8, 4) is 11.8 Å². The van der Waals surface area contributed by atoms with Crippen LogP contribution in [0.25, 0.3) is 0 Å². The van der Waals surface area contributed by atoms with Crippen LogP contribution in [0.3, 0.4) is 0 Å². The van der Waals surface area contributed by atoms with Crippen molar-refractivity contribution in [1.29, 1.82) is 0 Å². The maximum atomic E-state index is 11.8. The molecule has 2 N–H and O–H groups in total. The van der Waals surface area contributed by atoms with Crippen LogP contribution in [0.2, 0.25) is 0 Å². The lowest BCUT2D eigenvalue weighted by Crippen LogP contribution is -2.26. The molecule has 2 rings (SSSR count). The highest BCUT2D eigenvalue weighted by Gasteiger charge is 2.24. The first kappa shape index (κ1) is 14.6. The van der Waals surface area contributed by atoms with Crippen molar-refractivity contribution >= 4 is 5.91 Å². The summed E-state index contributed by atoms with van der Waals surface area (Å²) in [5, 5.41) is 11.7. The minimum Gasteiger partial charge on any atom is -0.395 e. The van der Waals surface area contributed by atoms with E-state index >= 15 is 0 Å². The van der Waals surface area contributed by atoms with Crippen LogP contribution in [0.4, 0.5) is 0 Å². The quantitative estimate of drug-likeness (QED) is 0.808. The molecule has 106 valence electrons. The minimum absolute atomic E-state index is 0.0284. The molecule has 20 heavy (non-hydrogen) atoms. The molecule has 3 heteroatoms. The lowest BCUT2D eigenvalue weighted by molar-refractivity contribution is -0.122. The maximum absolute atomic E-state index is 11.8. The molecule has 1 aromatic carbocycles. The van der Waals surface area contributed by atoms with Gasteiger partial charge >= 0.3 is 0 Å². The Bertz CT molecular complexity index is 506. The Labute approximate surface area is 120 Å². The molecule has 1 saturated carbocycles. The predicted octanol–water partition coefficient (Wildman–Crippen LogP) is 2.40. The number of aliphatic hydroxyl groups is 1. The van der Waals surface area contributed by atoms with Gasteiger partial charge in [0.2, 0.25) is 5.91 Å². The second-order valence-corrected chi connectivity index (χ2v) is 5.33. The second-order valence-electron chi connectivity index (χ2n) is 5.33. The number of amides is 1. The van der Waals surface area contributed by atoms with Gasteiger partial charge in [-0.15, -0.1) is 0 Å². The Morgan fingerprint density at radius 3 is 2.70 bits per heavy atom. The van der Waals surface area contributed by atoms with E-state index < -0.39 is 0 Å². The van der Waals surface area contributed by atoms with Gasteiger partial charge in [-0.2, -0.15) is 0 Å². The van der Waals surface area contributed by atoms with Gasteiger partial charge in [0, 0.05) is 18.4 Å². The Hall–Kier alpha value is -1.79. The number of carbonyl (C=O) groups is 1. The molecule has 1 aliphatic rings. The summed E-state index contributed by atoms with van der Waals surface area (Å²) in [6.07, 6.45) is 3.55. The number of hydrogen-bond acceptors (Lipinski definition) is 2. The Morgan fingerprint density at radius 1 is 1.40 bits per heavy atom. The van der Waals surface area contributed by atoms with E-state index in [1.807, 2.05) is 31.2 Å². The molecule has 1 aromatic rings. The van der Waals surface area contributed by atoms with E-state index in [4.69, 9.17) is 5.11 Å². The van der Waals surface area contributed by atoms with Gasteiger partial charge < -0.3 is 10.4 Å². The lowest BCUT2D eigenvalue weighted by atomic mass is 10.1. The first-order valence-electron chi connectivity index (χ1n) is 7.18. The van der Waals surface area contributed by atoms with Crippen molar-refractivity contribution in [2.24, 2.45) is 5.92 Å². The van der Waals surface area contributed by atoms with Crippen LogP contribution >= 0.6 is 0 Å². The van der Waals surface area contributed by atoms with Crippen molar-refractivity contribution in [3.05, 3.63) is 35.4 Å². The summed E-state index contributed by atoms with van der Waals surface area (Å²) in [4.78, 5) is 11.8. The molecule has 3 nitrogen and oxygen atoms in total. The summed E-state index contributed by atoms with van der Waals surface area (Å²) in [6, 6.07) is 7.91. The third-order valence-corrected chi connectivity index (χ3v) is 3.43. The van der Waals surface area contributed by atoms with Crippen molar-refractivity contribution in [2.45, 2.75) is 38.6 Å². The van der Waals surface area contributed by atoms with E-state index in [1.54, 1.807) is 0 Å². The summed E-state index contributed by atoms with van der Waals surface area (Å²) < 4.78 is 0. The number of carbonyl (C=O) groups excluding carboxylic acids is 1. The SMILES string of the molecule is CC(NC(=O)CC1CC1)c1ccc(C#CCCO)cc1. The summed E-state index contributed by atoms with van der Waals surface area (Å²) >= 11 is 0. The number of nitrogens with one attached hydrogen (secondary N) is 1. The molecule has 0 heterocycles. The van der Waals surface area contributed by atoms with Gasteiger partial charge in [-0.25, -0.2) is 0 Å². The van der Waals surface area contributed by atoms with E-state index in [0.29, 0.717) is 18.8 Å². The van der Waals surface area contributed by atoms with Crippen LogP contribution < -0.4 is 5.32 Å². The molecule has 0 bridgehead atoms. The minimum atomic E-state index is 0.0284. The molecule has 0 spiro atoms. The van der Waals surface area contributed by atoms with Gasteiger partial charge in [-0.1, -0.05) is 24.0 Å². The highest BCUT2D eigenvalue weighted by Crippen LogP contribution is 2.32. The highest BCUT2D eigenvalue weighted by atomic mass is 16.2. The van der Waals surface area contributed by atoms with Gasteiger partial charge in [0.25, 0.3) is 0 Å². The normalized spacial score (nSPS) is 15.1. The molecule has 1 atom stereocenters. The fourth-order valence-corrected chi connectivity index (χ4v) is 2.04. The summed E-state index contributed by atoms with van der Waals surface area (Å²) in [6.45, 7) is 2.09. The monoisotopic (exact) mass is 271 g/mol. The van der Waals surface area contributed by atoms with E-state index in [-0.39, 0.29) is 18.6 Å². The van der Waals surface area contributed by atoms with E-state index in [1.165, 1.54) is 12.8 Å². The molecule has 0 aliphatic heterocycles. The number of aliphatic hydroxyl groups excluding tert-OH is 1. The average molecular weight is 271 g/mol. The molecule has 0 saturated heterocycles. The lowest BCUT2D eigenvalue weighted by Gasteiger charge is -2.14. The van der Waals surface area contributed by atoms with E-state index in [2.05, 4.69) is 17.2 Å². The van der Waals surface area contributed by atoms with Crippen molar-refractivity contribution < 1.29 is 9.90 Å². The van der Waals surface area contributed by atoms with Crippen LogP contribution in [0.15, 0.2) is 24.3 Å². The zero-order valence-electron chi connectivity index (χ0n) is 11.9. The Morgan fingerprint density at radius 2 is 2.10 bits per heavy atom. The molecule has 1 aliphatic carbocycles. The standard InChI is InChI=1S/C17H21NO2/c1-13(18-17(20)12-15-5-6-15)16-9-7-14(8-10-16)4-2-3-11-19/h7-10,13,15,19H,3,5-6,11-12H2,1H3,(H,18,20). The van der Waals surface area contributed by atoms with Crippen LogP contribution in [0, 0.1) is 17.8 Å². The zero-order chi connectivity index (χ0) is 14.4. The van der Waals surface area contributed by atoms with Crippen LogP contribution in [0.5, 0.6) is 0 Å². The molecule has 1 amide bonds. The predicted molar refractivity (Wildman–Crippen MR) is 78.9 cm³/mol. The molecule has 1 fully saturated rings. The topological polar surface area (TPSA) is 49.3 Å². The third-order valence-electron chi connectivity index (χ3n) is 3.43. The third kappa shape index (κ3) is 4.71. The smallest absolute Gasteiger partial charge is 0.220 e. The largest absolute Gasteiger partial charge is 0.395 e. The molecule has 0 radical (unpaired) electrons. The fourth-order valence-electron chi connectivity index (χ4n) is 2.04. The van der Waals surface area contributed by atoms with Gasteiger partial charge in [0.1, 0.15) is 0 Å². The first-order valence-corrected chi connectivity index (χ1v) is 7.18. The first-order chi connectivity index (χ1) is 9.69. The Balaban J connectivity index is 1.88. The Kier molecular flexibility index (Phi) is 5.20. The highest BCUT2D eigenvalue weighted by molar-refractivity contribution is 5.77. The van der Waals surface area contributed by atoms with Crippen molar-refractivity contribution in [3.63, 3.8) is 0 Å². The fraction of sp³-hybridized carbons (Fsp3) is 0.471. The van der Waals surface area contributed by atoms with E-state index in [9.17, 15) is 4.79 Å². The molecular formula is C17H21NO2. The molecular weight excluding hydrogens is 250 g/mol. The number of hydrogen-bond donors (Lipinski definition) is 2. The van der Waals surface area contributed by atoms with Gasteiger partial charge in [0.05, 0.1) is 12.6 Å². The van der Waals surface area contributed by atoms with Crippen LogP contribution in [-0.2, 0) is 4.79 Å². The molecule has 1 unspecified atom stereocenters. The van der Waals surface area contributed by atoms with Crippen LogP contribution in [0.1, 0.15) is 49.8 Å². The summed E-state index contributed by atoms with van der Waals surface area (Å²) in [5.41, 5.74) is 2.01. The number of benzene rings is 1. The van der Waals surface area contributed by atoms with Gasteiger partial charge in [-0.05, 0) is 43.4 Å². The zero-order valence-corrected chi connectivity index (χ0v) is 11.9. The van der Waals surface area contributed by atoms with Crippen LogP contribution in [-0.4, -0.2) is 17.6 Å². The summed E-state index contributed by atoms with van der Waals surface area (Å²) in [7, 11) is 0. The van der Waals surface area contributed by atoms with Gasteiger partial charge in [0.15, 0.2) is 0 Å².